The van der Waals surface area contributed by atoms with Gasteiger partial charge in [-0.15, -0.1) is 24.8 Å². The molecule has 0 radical (unpaired) electrons. The molecule has 0 unspecified atom stereocenters. The van der Waals surface area contributed by atoms with E-state index < -0.39 is 0 Å². The van der Waals surface area contributed by atoms with Gasteiger partial charge in [0.1, 0.15) is 5.82 Å². The van der Waals surface area contributed by atoms with Gasteiger partial charge in [0.05, 0.1) is 0 Å². The number of nitrogens with zero attached hydrogens (tertiary/aromatic N) is 3. The molecule has 28 heavy (non-hydrogen) atoms. The molecule has 3 rings (SSSR count). The largest absolute Gasteiger partial charge is 0.412 e. The predicted molar refractivity (Wildman–Crippen MR) is 120 cm³/mol. The molecular formula is C20H30Cl2N4O2. The fraction of sp³-hybridized carbons (Fsp3) is 0.400. The minimum Gasteiger partial charge on any atom is -0.412 e. The van der Waals surface area contributed by atoms with Gasteiger partial charge in [-0.05, 0) is 37.1 Å². The number of nitrogens with one attached hydrogen (secondary N) is 1. The molecule has 8 heteroatoms. The molecule has 1 aliphatic rings. The van der Waals surface area contributed by atoms with Crippen LogP contribution in [0, 0.1) is 13.8 Å². The average molecular weight is 429 g/mol. The summed E-state index contributed by atoms with van der Waals surface area (Å²) >= 11 is 0. The van der Waals surface area contributed by atoms with Gasteiger partial charge in [0, 0.05) is 51.0 Å². The third-order valence-corrected chi connectivity index (χ3v) is 4.75. The van der Waals surface area contributed by atoms with Crippen LogP contribution in [0.4, 0.5) is 11.5 Å². The lowest BCUT2D eigenvalue weighted by atomic mass is 10.1. The summed E-state index contributed by atoms with van der Waals surface area (Å²) in [5.41, 5.74) is 3.17. The number of amides is 1. The number of hydrogen-bond acceptors (Lipinski definition) is 4. The lowest BCUT2D eigenvalue weighted by Gasteiger charge is -2.35. The first-order chi connectivity index (χ1) is 12.1. The highest BCUT2D eigenvalue weighted by Gasteiger charge is 2.18. The standard InChI is InChI=1S/C20H26N4O.2ClH.H2O/c1-16-6-5-7-17(2)20(16)22-19(25)9-11-23-12-14-24(15-13-23)18-8-3-4-10-21-18;;;/h3-8,10H,9,11-15H2,1-2H3,(H,22,25);2*1H;1H2. The number of carbonyl (C=O) groups is 1. The van der Waals surface area contributed by atoms with Crippen LogP contribution in [0.2, 0.25) is 0 Å². The quantitative estimate of drug-likeness (QED) is 0.793. The maximum absolute atomic E-state index is 12.3. The van der Waals surface area contributed by atoms with E-state index in [1.54, 1.807) is 0 Å². The molecule has 1 amide bonds. The molecule has 0 bridgehead atoms. The van der Waals surface area contributed by atoms with Crippen molar-refractivity contribution in [2.24, 2.45) is 0 Å². The van der Waals surface area contributed by atoms with Crippen molar-refractivity contribution in [3.8, 4) is 0 Å². The fourth-order valence-corrected chi connectivity index (χ4v) is 3.21. The van der Waals surface area contributed by atoms with Gasteiger partial charge in [-0.1, -0.05) is 24.3 Å². The molecule has 2 aromatic rings. The highest BCUT2D eigenvalue weighted by atomic mass is 35.5. The van der Waals surface area contributed by atoms with Gasteiger partial charge in [-0.2, -0.15) is 0 Å². The monoisotopic (exact) mass is 428 g/mol. The van der Waals surface area contributed by atoms with Gasteiger partial charge in [-0.25, -0.2) is 4.98 Å². The van der Waals surface area contributed by atoms with Crippen molar-refractivity contribution >= 4 is 42.2 Å². The van der Waals surface area contributed by atoms with Crippen LogP contribution in [-0.4, -0.2) is 54.0 Å². The molecule has 0 atom stereocenters. The van der Waals surface area contributed by atoms with E-state index in [0.717, 1.165) is 55.4 Å². The Balaban J connectivity index is 0.00000243. The number of piperazine rings is 1. The minimum atomic E-state index is 0. The van der Waals surface area contributed by atoms with Crippen molar-refractivity contribution in [2.45, 2.75) is 20.3 Å². The molecule has 156 valence electrons. The summed E-state index contributed by atoms with van der Waals surface area (Å²) in [6.45, 7) is 8.69. The zero-order valence-corrected chi connectivity index (χ0v) is 18.0. The van der Waals surface area contributed by atoms with Crippen molar-refractivity contribution in [1.82, 2.24) is 9.88 Å². The van der Waals surface area contributed by atoms with E-state index in [1.807, 2.05) is 56.4 Å². The van der Waals surface area contributed by atoms with E-state index in [4.69, 9.17) is 0 Å². The van der Waals surface area contributed by atoms with Crippen LogP contribution in [0.15, 0.2) is 42.6 Å². The number of halogens is 2. The number of carbonyl (C=O) groups excluding carboxylic acids is 1. The Morgan fingerprint density at radius 1 is 1.00 bits per heavy atom. The normalized spacial score (nSPS) is 13.6. The second-order valence-corrected chi connectivity index (χ2v) is 6.58. The summed E-state index contributed by atoms with van der Waals surface area (Å²) in [5, 5.41) is 3.07. The third-order valence-electron chi connectivity index (χ3n) is 4.75. The number of hydrogen-bond donors (Lipinski definition) is 1. The maximum Gasteiger partial charge on any atom is 0.225 e. The molecule has 0 aliphatic carbocycles. The first-order valence-electron chi connectivity index (χ1n) is 8.88. The number of rotatable bonds is 5. The molecule has 3 N–H and O–H groups in total. The number of benzene rings is 1. The van der Waals surface area contributed by atoms with E-state index in [9.17, 15) is 4.79 Å². The summed E-state index contributed by atoms with van der Waals surface area (Å²) < 4.78 is 0. The Kier molecular flexibility index (Phi) is 11.7. The zero-order valence-electron chi connectivity index (χ0n) is 16.4. The van der Waals surface area contributed by atoms with Crippen LogP contribution in [0.5, 0.6) is 0 Å². The first kappa shape index (κ1) is 26.1. The van der Waals surface area contributed by atoms with Crippen LogP contribution in [0.3, 0.4) is 0 Å². The number of aryl methyl sites for hydroxylation is 2. The molecule has 1 aliphatic heterocycles. The van der Waals surface area contributed by atoms with Gasteiger partial charge in [0.15, 0.2) is 0 Å². The molecule has 1 saturated heterocycles. The van der Waals surface area contributed by atoms with Crippen molar-refractivity contribution in [2.75, 3.05) is 42.9 Å². The SMILES string of the molecule is Cc1cccc(C)c1NC(=O)CCN1CCN(c2ccccn2)CC1.Cl.Cl.O. The smallest absolute Gasteiger partial charge is 0.225 e. The van der Waals surface area contributed by atoms with Gasteiger partial charge in [-0.3, -0.25) is 9.69 Å². The molecule has 0 saturated carbocycles. The van der Waals surface area contributed by atoms with Crippen LogP contribution in [0.25, 0.3) is 0 Å². The Hall–Kier alpha value is -1.86. The summed E-state index contributed by atoms with van der Waals surface area (Å²) in [4.78, 5) is 21.3. The molecule has 0 spiro atoms. The minimum absolute atomic E-state index is 0. The highest BCUT2D eigenvalue weighted by Crippen LogP contribution is 2.19. The molecule has 1 aromatic carbocycles. The fourth-order valence-electron chi connectivity index (χ4n) is 3.21. The van der Waals surface area contributed by atoms with E-state index in [1.165, 1.54) is 0 Å². The second kappa shape index (κ2) is 12.6. The highest BCUT2D eigenvalue weighted by molar-refractivity contribution is 5.92. The summed E-state index contributed by atoms with van der Waals surface area (Å²) in [7, 11) is 0. The van der Waals surface area contributed by atoms with Gasteiger partial charge in [0.2, 0.25) is 5.91 Å². The van der Waals surface area contributed by atoms with E-state index in [0.29, 0.717) is 6.42 Å². The van der Waals surface area contributed by atoms with Crippen molar-refractivity contribution < 1.29 is 10.3 Å². The topological polar surface area (TPSA) is 80.0 Å². The first-order valence-corrected chi connectivity index (χ1v) is 8.88. The second-order valence-electron chi connectivity index (χ2n) is 6.58. The van der Waals surface area contributed by atoms with Crippen LogP contribution in [-0.2, 0) is 4.79 Å². The lowest BCUT2D eigenvalue weighted by molar-refractivity contribution is -0.116. The number of pyridine rings is 1. The Labute approximate surface area is 179 Å². The predicted octanol–water partition coefficient (Wildman–Crippen LogP) is 2.87. The van der Waals surface area contributed by atoms with E-state index >= 15 is 0 Å². The molecular weight excluding hydrogens is 399 g/mol. The molecule has 1 fully saturated rings. The van der Waals surface area contributed by atoms with Crippen LogP contribution in [0.1, 0.15) is 17.5 Å². The Morgan fingerprint density at radius 3 is 2.21 bits per heavy atom. The van der Waals surface area contributed by atoms with Gasteiger partial charge in [0.25, 0.3) is 0 Å². The van der Waals surface area contributed by atoms with Crippen molar-refractivity contribution in [1.29, 1.82) is 0 Å². The van der Waals surface area contributed by atoms with Crippen molar-refractivity contribution in [3.63, 3.8) is 0 Å². The molecule has 6 nitrogen and oxygen atoms in total. The molecule has 1 aromatic heterocycles. The van der Waals surface area contributed by atoms with Gasteiger partial charge < -0.3 is 15.7 Å². The van der Waals surface area contributed by atoms with E-state index in [2.05, 4.69) is 20.1 Å². The summed E-state index contributed by atoms with van der Waals surface area (Å²) in [5.74, 6) is 1.12. The summed E-state index contributed by atoms with van der Waals surface area (Å²) in [6.07, 6.45) is 2.36. The summed E-state index contributed by atoms with van der Waals surface area (Å²) in [6, 6.07) is 12.1. The average Bonchev–Trinajstić information content (AvgIpc) is 2.64. The molecule has 2 heterocycles. The Bertz CT molecular complexity index is 703. The maximum atomic E-state index is 12.3. The third kappa shape index (κ3) is 6.95. The number of para-hydroxylation sites is 1. The number of aromatic nitrogens is 1. The van der Waals surface area contributed by atoms with Crippen LogP contribution < -0.4 is 10.2 Å². The van der Waals surface area contributed by atoms with Crippen LogP contribution >= 0.6 is 24.8 Å². The Morgan fingerprint density at radius 2 is 1.64 bits per heavy atom. The van der Waals surface area contributed by atoms with E-state index in [-0.39, 0.29) is 36.2 Å². The van der Waals surface area contributed by atoms with Gasteiger partial charge >= 0.3 is 0 Å². The number of anilines is 2. The lowest BCUT2D eigenvalue weighted by Crippen LogP contribution is -2.47. The van der Waals surface area contributed by atoms with Crippen molar-refractivity contribution in [3.05, 3.63) is 53.7 Å². The zero-order chi connectivity index (χ0) is 17.6.